The summed E-state index contributed by atoms with van der Waals surface area (Å²) in [7, 11) is 1.53. The van der Waals surface area contributed by atoms with Gasteiger partial charge in [-0.05, 0) is 39.0 Å². The molecule has 3 amide bonds. The summed E-state index contributed by atoms with van der Waals surface area (Å²) in [4.78, 5) is 25.0. The topological polar surface area (TPSA) is 61.4 Å². The van der Waals surface area contributed by atoms with Crippen LogP contribution in [0.3, 0.4) is 0 Å². The molecule has 1 aromatic carbocycles. The lowest BCUT2D eigenvalue weighted by Crippen LogP contribution is -2.47. The Labute approximate surface area is 134 Å². The van der Waals surface area contributed by atoms with E-state index in [1.54, 1.807) is 18.2 Å². The van der Waals surface area contributed by atoms with E-state index in [0.29, 0.717) is 15.7 Å². The van der Waals surface area contributed by atoms with Gasteiger partial charge in [-0.3, -0.25) is 4.79 Å². The molecule has 0 aliphatic heterocycles. The van der Waals surface area contributed by atoms with Crippen LogP contribution in [0, 0.1) is 0 Å². The van der Waals surface area contributed by atoms with Gasteiger partial charge in [-0.2, -0.15) is 0 Å². The van der Waals surface area contributed by atoms with Gasteiger partial charge in [0.25, 0.3) is 0 Å². The molecule has 0 bridgehead atoms. The van der Waals surface area contributed by atoms with Crippen molar-refractivity contribution in [1.82, 2.24) is 10.2 Å². The Kier molecular flexibility index (Phi) is 5.87. The quantitative estimate of drug-likeness (QED) is 0.891. The summed E-state index contributed by atoms with van der Waals surface area (Å²) in [5, 5.41) is 6.26. The first-order valence-electron chi connectivity index (χ1n) is 6.36. The average Bonchev–Trinajstić information content (AvgIpc) is 2.24. The number of nitrogens with one attached hydrogen (secondary N) is 2. The van der Waals surface area contributed by atoms with Crippen molar-refractivity contribution >= 4 is 40.8 Å². The monoisotopic (exact) mass is 331 g/mol. The fraction of sp³-hybridized carbons (Fsp3) is 0.429. The highest BCUT2D eigenvalue weighted by molar-refractivity contribution is 6.35. The van der Waals surface area contributed by atoms with E-state index in [4.69, 9.17) is 23.2 Å². The molecule has 116 valence electrons. The van der Waals surface area contributed by atoms with Crippen molar-refractivity contribution in [2.75, 3.05) is 18.9 Å². The van der Waals surface area contributed by atoms with Crippen LogP contribution in [0.5, 0.6) is 0 Å². The van der Waals surface area contributed by atoms with E-state index < -0.39 is 6.03 Å². The Morgan fingerprint density at radius 3 is 2.14 bits per heavy atom. The number of anilines is 1. The third kappa shape index (κ3) is 6.69. The first-order valence-corrected chi connectivity index (χ1v) is 7.11. The second-order valence-corrected chi connectivity index (χ2v) is 6.62. The standard InChI is InChI=1S/C14H19Cl2N3O2/c1-14(2,3)18-12(20)8-19(4)13(21)17-11-6-9(15)5-10(16)7-11/h5-7H,8H2,1-4H3,(H,17,21)(H,18,20). The maximum Gasteiger partial charge on any atom is 0.322 e. The number of hydrogen-bond donors (Lipinski definition) is 2. The normalized spacial score (nSPS) is 11.0. The molecular weight excluding hydrogens is 313 g/mol. The smallest absolute Gasteiger partial charge is 0.322 e. The van der Waals surface area contributed by atoms with Gasteiger partial charge in [-0.15, -0.1) is 0 Å². The highest BCUT2D eigenvalue weighted by Gasteiger charge is 2.17. The van der Waals surface area contributed by atoms with Crippen molar-refractivity contribution in [2.45, 2.75) is 26.3 Å². The fourth-order valence-electron chi connectivity index (χ4n) is 1.59. The van der Waals surface area contributed by atoms with Crippen molar-refractivity contribution in [3.05, 3.63) is 28.2 Å². The number of hydrogen-bond acceptors (Lipinski definition) is 2. The summed E-state index contributed by atoms with van der Waals surface area (Å²) < 4.78 is 0. The number of carbonyl (C=O) groups excluding carboxylic acids is 2. The minimum Gasteiger partial charge on any atom is -0.350 e. The summed E-state index contributed by atoms with van der Waals surface area (Å²) in [6.45, 7) is 5.58. The van der Waals surface area contributed by atoms with Crippen molar-refractivity contribution in [2.24, 2.45) is 0 Å². The average molecular weight is 332 g/mol. The zero-order valence-electron chi connectivity index (χ0n) is 12.5. The first kappa shape index (κ1) is 17.6. The Morgan fingerprint density at radius 2 is 1.67 bits per heavy atom. The van der Waals surface area contributed by atoms with Crippen molar-refractivity contribution in [3.8, 4) is 0 Å². The minimum absolute atomic E-state index is 0.0442. The third-order valence-corrected chi connectivity index (χ3v) is 2.79. The number of rotatable bonds is 3. The maximum absolute atomic E-state index is 12.0. The molecule has 0 spiro atoms. The Morgan fingerprint density at radius 1 is 1.14 bits per heavy atom. The van der Waals surface area contributed by atoms with Crippen LogP contribution >= 0.6 is 23.2 Å². The van der Waals surface area contributed by atoms with E-state index in [2.05, 4.69) is 10.6 Å². The number of likely N-dealkylation sites (N-methyl/N-ethyl adjacent to an activating group) is 1. The number of urea groups is 1. The number of halogens is 2. The molecule has 0 aromatic heterocycles. The Balaban J connectivity index is 2.60. The van der Waals surface area contributed by atoms with Crippen LogP contribution in [-0.2, 0) is 4.79 Å². The molecule has 0 radical (unpaired) electrons. The van der Waals surface area contributed by atoms with Gasteiger partial charge >= 0.3 is 6.03 Å². The fourth-order valence-corrected chi connectivity index (χ4v) is 2.12. The highest BCUT2D eigenvalue weighted by Crippen LogP contribution is 2.22. The molecule has 0 unspecified atom stereocenters. The maximum atomic E-state index is 12.0. The number of carbonyl (C=O) groups is 2. The second-order valence-electron chi connectivity index (χ2n) is 5.74. The van der Waals surface area contributed by atoms with Gasteiger partial charge in [0.2, 0.25) is 5.91 Å². The van der Waals surface area contributed by atoms with Crippen LogP contribution in [-0.4, -0.2) is 36.0 Å². The zero-order valence-corrected chi connectivity index (χ0v) is 14.0. The number of benzene rings is 1. The molecule has 0 heterocycles. The van der Waals surface area contributed by atoms with Crippen LogP contribution in [0.25, 0.3) is 0 Å². The molecular formula is C14H19Cl2N3O2. The zero-order chi connectivity index (χ0) is 16.2. The van der Waals surface area contributed by atoms with Gasteiger partial charge in [0.05, 0.1) is 0 Å². The Hall–Kier alpha value is -1.46. The van der Waals surface area contributed by atoms with E-state index >= 15 is 0 Å². The van der Waals surface area contributed by atoms with Crippen LogP contribution in [0.15, 0.2) is 18.2 Å². The number of nitrogens with zero attached hydrogens (tertiary/aromatic N) is 1. The summed E-state index contributed by atoms with van der Waals surface area (Å²) >= 11 is 11.7. The molecule has 0 aliphatic rings. The molecule has 7 heteroatoms. The molecule has 2 N–H and O–H groups in total. The summed E-state index contributed by atoms with van der Waals surface area (Å²) in [6, 6.07) is 4.31. The van der Waals surface area contributed by atoms with E-state index in [0.717, 1.165) is 0 Å². The SMILES string of the molecule is CN(CC(=O)NC(C)(C)C)C(=O)Nc1cc(Cl)cc(Cl)c1. The molecule has 21 heavy (non-hydrogen) atoms. The molecule has 0 saturated carbocycles. The lowest BCUT2D eigenvalue weighted by atomic mass is 10.1. The highest BCUT2D eigenvalue weighted by atomic mass is 35.5. The Bertz CT molecular complexity index is 521. The lowest BCUT2D eigenvalue weighted by Gasteiger charge is -2.23. The molecule has 0 atom stereocenters. The van der Waals surface area contributed by atoms with E-state index in [-0.39, 0.29) is 18.0 Å². The predicted octanol–water partition coefficient (Wildman–Crippen LogP) is 3.37. The van der Waals surface area contributed by atoms with Crippen LogP contribution in [0.2, 0.25) is 10.0 Å². The summed E-state index contributed by atoms with van der Waals surface area (Å²) in [5.74, 6) is -0.232. The van der Waals surface area contributed by atoms with E-state index in [1.807, 2.05) is 20.8 Å². The van der Waals surface area contributed by atoms with Crippen LogP contribution < -0.4 is 10.6 Å². The predicted molar refractivity (Wildman–Crippen MR) is 86.0 cm³/mol. The molecule has 1 rings (SSSR count). The molecule has 0 aliphatic carbocycles. The lowest BCUT2D eigenvalue weighted by molar-refractivity contribution is -0.122. The third-order valence-electron chi connectivity index (χ3n) is 2.36. The van der Waals surface area contributed by atoms with Crippen LogP contribution in [0.1, 0.15) is 20.8 Å². The summed E-state index contributed by atoms with van der Waals surface area (Å²) in [5.41, 5.74) is 0.134. The minimum atomic E-state index is -0.419. The molecule has 0 fully saturated rings. The van der Waals surface area contributed by atoms with Gasteiger partial charge < -0.3 is 15.5 Å². The largest absolute Gasteiger partial charge is 0.350 e. The molecule has 5 nitrogen and oxygen atoms in total. The molecule has 0 saturated heterocycles. The van der Waals surface area contributed by atoms with Gasteiger partial charge in [0, 0.05) is 28.3 Å². The van der Waals surface area contributed by atoms with Crippen molar-refractivity contribution < 1.29 is 9.59 Å². The van der Waals surface area contributed by atoms with Crippen molar-refractivity contribution in [1.29, 1.82) is 0 Å². The summed E-state index contributed by atoms with van der Waals surface area (Å²) in [6.07, 6.45) is 0. The van der Waals surface area contributed by atoms with Gasteiger partial charge in [0.1, 0.15) is 6.54 Å². The van der Waals surface area contributed by atoms with Crippen LogP contribution in [0.4, 0.5) is 10.5 Å². The second kappa shape index (κ2) is 7.00. The number of amides is 3. The van der Waals surface area contributed by atoms with E-state index in [9.17, 15) is 9.59 Å². The van der Waals surface area contributed by atoms with Gasteiger partial charge in [-0.1, -0.05) is 23.2 Å². The first-order chi connectivity index (χ1) is 9.56. The molecule has 1 aromatic rings. The van der Waals surface area contributed by atoms with E-state index in [1.165, 1.54) is 11.9 Å². The van der Waals surface area contributed by atoms with Gasteiger partial charge in [0.15, 0.2) is 0 Å². The van der Waals surface area contributed by atoms with Gasteiger partial charge in [-0.25, -0.2) is 4.79 Å². The van der Waals surface area contributed by atoms with Crippen molar-refractivity contribution in [3.63, 3.8) is 0 Å².